The second kappa shape index (κ2) is 10.8. The van der Waals surface area contributed by atoms with Crippen LogP contribution in [0.15, 0.2) is 54.9 Å². The average molecular weight is 507 g/mol. The van der Waals surface area contributed by atoms with Crippen LogP contribution < -0.4 is 10.2 Å². The number of anilines is 1. The lowest BCUT2D eigenvalue weighted by molar-refractivity contribution is 0.187. The molecule has 6 nitrogen and oxygen atoms in total. The van der Waals surface area contributed by atoms with E-state index in [0.717, 1.165) is 33.5 Å². The van der Waals surface area contributed by atoms with Gasteiger partial charge in [-0.3, -0.25) is 4.98 Å². The zero-order chi connectivity index (χ0) is 24.9. The highest BCUT2D eigenvalue weighted by atomic mass is 35.5. The van der Waals surface area contributed by atoms with Crippen LogP contribution in [-0.2, 0) is 0 Å². The van der Waals surface area contributed by atoms with Crippen LogP contribution in [0.3, 0.4) is 0 Å². The molecule has 2 aromatic carbocycles. The number of nitriles is 1. The van der Waals surface area contributed by atoms with Gasteiger partial charge in [0.15, 0.2) is 0 Å². The van der Waals surface area contributed by atoms with Gasteiger partial charge in [0.2, 0.25) is 0 Å². The summed E-state index contributed by atoms with van der Waals surface area (Å²) < 4.78 is 0. The fourth-order valence-corrected chi connectivity index (χ4v) is 4.95. The third-order valence-electron chi connectivity index (χ3n) is 6.08. The molecule has 1 aliphatic rings. The van der Waals surface area contributed by atoms with Gasteiger partial charge < -0.3 is 15.3 Å². The van der Waals surface area contributed by atoms with Crippen molar-refractivity contribution >= 4 is 46.6 Å². The van der Waals surface area contributed by atoms with Crippen molar-refractivity contribution in [3.05, 3.63) is 81.6 Å². The number of nitrogens with one attached hydrogen (secondary N) is 1. The minimum Gasteiger partial charge on any atom is -0.465 e. The predicted octanol–water partition coefficient (Wildman–Crippen LogP) is 6.72. The molecule has 0 radical (unpaired) electrons. The molecule has 1 saturated heterocycles. The summed E-state index contributed by atoms with van der Waals surface area (Å²) in [5, 5.41) is 22.0. The fraction of sp³-hybridized carbons (Fsp3) is 0.222. The van der Waals surface area contributed by atoms with E-state index < -0.39 is 6.09 Å². The number of aromatic nitrogens is 1. The van der Waals surface area contributed by atoms with Crippen molar-refractivity contribution in [3.63, 3.8) is 0 Å². The molecule has 0 unspecified atom stereocenters. The number of pyridine rings is 1. The molecule has 1 fully saturated rings. The number of benzene rings is 2. The number of rotatable bonds is 5. The van der Waals surface area contributed by atoms with E-state index in [9.17, 15) is 10.1 Å². The topological polar surface area (TPSA) is 89.2 Å². The summed E-state index contributed by atoms with van der Waals surface area (Å²) in [4.78, 5) is 17.9. The second-order valence-corrected chi connectivity index (χ2v) is 9.39. The monoisotopic (exact) mass is 506 g/mol. The van der Waals surface area contributed by atoms with Crippen LogP contribution in [0.2, 0.25) is 10.0 Å². The molecule has 0 spiro atoms. The van der Waals surface area contributed by atoms with Gasteiger partial charge in [0, 0.05) is 52.7 Å². The van der Waals surface area contributed by atoms with E-state index in [0.29, 0.717) is 41.5 Å². The average Bonchev–Trinajstić information content (AvgIpc) is 2.83. The van der Waals surface area contributed by atoms with Crippen molar-refractivity contribution in [1.29, 1.82) is 5.26 Å². The first-order chi connectivity index (χ1) is 16.8. The van der Waals surface area contributed by atoms with Crippen LogP contribution in [0.1, 0.15) is 36.5 Å². The summed E-state index contributed by atoms with van der Waals surface area (Å²) >= 11 is 12.6. The second-order valence-electron chi connectivity index (χ2n) is 8.51. The number of nitrogens with zero attached hydrogens (tertiary/aromatic N) is 3. The molecule has 0 atom stereocenters. The van der Waals surface area contributed by atoms with Crippen LogP contribution in [0.5, 0.6) is 0 Å². The standard InChI is InChI=1S/C27H24Cl2N4O2/c1-17(19-4-2-3-18(10-19)14-30)9-21-15-31-16-25(20-11-22(28)13-23(29)12-20)26(21)33-7-5-24(6-8-33)32-27(34)35/h2-4,9-13,15-16,24,32H,5-8H2,1H3,(H,34,35). The van der Waals surface area contributed by atoms with E-state index in [1.807, 2.05) is 49.6 Å². The van der Waals surface area contributed by atoms with Crippen LogP contribution in [0, 0.1) is 11.3 Å². The van der Waals surface area contributed by atoms with Crippen molar-refractivity contribution in [1.82, 2.24) is 10.3 Å². The van der Waals surface area contributed by atoms with Crippen molar-refractivity contribution < 1.29 is 9.90 Å². The number of halogens is 2. The van der Waals surface area contributed by atoms with Gasteiger partial charge in [-0.2, -0.15) is 5.26 Å². The number of amides is 1. The van der Waals surface area contributed by atoms with E-state index in [1.165, 1.54) is 0 Å². The first-order valence-electron chi connectivity index (χ1n) is 11.2. The maximum absolute atomic E-state index is 11.1. The zero-order valence-corrected chi connectivity index (χ0v) is 20.6. The van der Waals surface area contributed by atoms with E-state index in [1.54, 1.807) is 12.1 Å². The molecule has 178 valence electrons. The molecule has 8 heteroatoms. The van der Waals surface area contributed by atoms with Crippen LogP contribution in [0.4, 0.5) is 10.5 Å². The minimum atomic E-state index is -1.000. The Kier molecular flexibility index (Phi) is 7.60. The zero-order valence-electron chi connectivity index (χ0n) is 19.1. The third kappa shape index (κ3) is 5.94. The highest BCUT2D eigenvalue weighted by Crippen LogP contribution is 2.38. The van der Waals surface area contributed by atoms with Crippen molar-refractivity contribution in [2.75, 3.05) is 18.0 Å². The van der Waals surface area contributed by atoms with E-state index in [2.05, 4.69) is 27.3 Å². The highest BCUT2D eigenvalue weighted by molar-refractivity contribution is 6.35. The van der Waals surface area contributed by atoms with E-state index in [4.69, 9.17) is 28.3 Å². The van der Waals surface area contributed by atoms with Gasteiger partial charge in [-0.1, -0.05) is 35.3 Å². The summed E-state index contributed by atoms with van der Waals surface area (Å²) in [7, 11) is 0. The van der Waals surface area contributed by atoms with Crippen LogP contribution in [-0.4, -0.2) is 35.3 Å². The number of hydrogen-bond acceptors (Lipinski definition) is 4. The van der Waals surface area contributed by atoms with Crippen LogP contribution in [0.25, 0.3) is 22.8 Å². The Balaban J connectivity index is 1.79. The van der Waals surface area contributed by atoms with Gasteiger partial charge in [-0.05, 0) is 72.9 Å². The molecule has 3 aromatic rings. The Morgan fingerprint density at radius 1 is 1.17 bits per heavy atom. The Hall–Kier alpha value is -3.53. The molecule has 0 saturated carbocycles. The molecule has 2 heterocycles. The lowest BCUT2D eigenvalue weighted by Gasteiger charge is -2.35. The Morgan fingerprint density at radius 3 is 2.54 bits per heavy atom. The smallest absolute Gasteiger partial charge is 0.404 e. The predicted molar refractivity (Wildman–Crippen MR) is 141 cm³/mol. The van der Waals surface area contributed by atoms with Crippen molar-refractivity contribution in [2.24, 2.45) is 0 Å². The normalized spacial score (nSPS) is 14.5. The fourth-order valence-electron chi connectivity index (χ4n) is 4.42. The maximum atomic E-state index is 11.1. The molecule has 35 heavy (non-hydrogen) atoms. The molecule has 0 bridgehead atoms. The molecule has 4 rings (SSSR count). The Morgan fingerprint density at radius 2 is 1.89 bits per heavy atom. The quantitative estimate of drug-likeness (QED) is 0.400. The third-order valence-corrected chi connectivity index (χ3v) is 6.51. The maximum Gasteiger partial charge on any atom is 0.404 e. The summed E-state index contributed by atoms with van der Waals surface area (Å²) in [5.41, 5.74) is 6.21. The lowest BCUT2D eigenvalue weighted by atomic mass is 9.96. The largest absolute Gasteiger partial charge is 0.465 e. The number of hydrogen-bond donors (Lipinski definition) is 2. The Labute approximate surface area is 214 Å². The Bertz CT molecular complexity index is 1300. The highest BCUT2D eigenvalue weighted by Gasteiger charge is 2.24. The number of piperidine rings is 1. The first-order valence-corrected chi connectivity index (χ1v) is 12.0. The summed E-state index contributed by atoms with van der Waals surface area (Å²) in [5.74, 6) is 0. The molecule has 0 aliphatic carbocycles. The van der Waals surface area contributed by atoms with Gasteiger partial charge in [0.05, 0.1) is 17.3 Å². The summed E-state index contributed by atoms with van der Waals surface area (Å²) in [6.45, 7) is 3.37. The van der Waals surface area contributed by atoms with E-state index >= 15 is 0 Å². The van der Waals surface area contributed by atoms with Gasteiger partial charge in [0.1, 0.15) is 0 Å². The molecular formula is C27H24Cl2N4O2. The van der Waals surface area contributed by atoms with Gasteiger partial charge >= 0.3 is 6.09 Å². The summed E-state index contributed by atoms with van der Waals surface area (Å²) in [6, 6.07) is 15.0. The lowest BCUT2D eigenvalue weighted by Crippen LogP contribution is -2.44. The molecule has 2 N–H and O–H groups in total. The van der Waals surface area contributed by atoms with Gasteiger partial charge in [-0.25, -0.2) is 4.79 Å². The van der Waals surface area contributed by atoms with Crippen LogP contribution >= 0.6 is 23.2 Å². The molecular weight excluding hydrogens is 483 g/mol. The molecule has 1 aromatic heterocycles. The van der Waals surface area contributed by atoms with E-state index in [-0.39, 0.29) is 6.04 Å². The number of carboxylic acid groups (broad SMARTS) is 1. The molecule has 1 aliphatic heterocycles. The number of allylic oxidation sites excluding steroid dienone is 1. The van der Waals surface area contributed by atoms with Crippen molar-refractivity contribution in [2.45, 2.75) is 25.8 Å². The van der Waals surface area contributed by atoms with Gasteiger partial charge in [-0.15, -0.1) is 0 Å². The first kappa shape index (κ1) is 24.6. The molecule has 1 amide bonds. The van der Waals surface area contributed by atoms with Crippen molar-refractivity contribution in [3.8, 4) is 17.2 Å². The number of carbonyl (C=O) groups is 1. The SMILES string of the molecule is CC(=Cc1cncc(-c2cc(Cl)cc(Cl)c2)c1N1CCC(NC(=O)O)CC1)c1cccc(C#N)c1. The summed E-state index contributed by atoms with van der Waals surface area (Å²) in [6.07, 6.45) is 6.08. The van der Waals surface area contributed by atoms with Gasteiger partial charge in [0.25, 0.3) is 0 Å². The minimum absolute atomic E-state index is 0.0795.